The summed E-state index contributed by atoms with van der Waals surface area (Å²) in [5.74, 6) is 1.50. The highest BCUT2D eigenvalue weighted by atomic mass is 35.5. The molecule has 0 heterocycles. The summed E-state index contributed by atoms with van der Waals surface area (Å²) in [7, 11) is 0. The predicted octanol–water partition coefficient (Wildman–Crippen LogP) is 5.41. The highest BCUT2D eigenvalue weighted by Crippen LogP contribution is 2.45. The molecule has 0 aliphatic heterocycles. The van der Waals surface area contributed by atoms with Crippen LogP contribution in [-0.4, -0.2) is 5.38 Å². The van der Waals surface area contributed by atoms with Gasteiger partial charge in [-0.05, 0) is 49.9 Å². The molecule has 0 saturated heterocycles. The van der Waals surface area contributed by atoms with Crippen molar-refractivity contribution in [3.05, 3.63) is 12.2 Å². The van der Waals surface area contributed by atoms with Crippen LogP contribution < -0.4 is 0 Å². The van der Waals surface area contributed by atoms with E-state index in [0.29, 0.717) is 16.7 Å². The van der Waals surface area contributed by atoms with Crippen LogP contribution in [-0.2, 0) is 0 Å². The summed E-state index contributed by atoms with van der Waals surface area (Å²) in [6.45, 7) is 13.2. The molecule has 0 radical (unpaired) electrons. The molecule has 0 aromatic heterocycles. The number of rotatable bonds is 4. The van der Waals surface area contributed by atoms with Gasteiger partial charge in [-0.2, -0.15) is 0 Å². The van der Waals surface area contributed by atoms with Crippen molar-refractivity contribution in [3.63, 3.8) is 0 Å². The Labute approximate surface area is 106 Å². The SMILES string of the molecule is C=C(C)CCC(C)(C)C1CCC(C)CC1Cl. The van der Waals surface area contributed by atoms with Gasteiger partial charge in [-0.25, -0.2) is 0 Å². The molecule has 1 aliphatic rings. The first-order valence-electron chi connectivity index (χ1n) is 6.61. The molecule has 0 bridgehead atoms. The summed E-state index contributed by atoms with van der Waals surface area (Å²) in [6.07, 6.45) is 6.22. The van der Waals surface area contributed by atoms with Crippen molar-refractivity contribution in [2.24, 2.45) is 17.3 Å². The van der Waals surface area contributed by atoms with E-state index in [2.05, 4.69) is 34.3 Å². The first kappa shape index (κ1) is 14.1. The van der Waals surface area contributed by atoms with Crippen molar-refractivity contribution in [2.75, 3.05) is 0 Å². The van der Waals surface area contributed by atoms with Crippen molar-refractivity contribution in [1.82, 2.24) is 0 Å². The van der Waals surface area contributed by atoms with Gasteiger partial charge in [-0.15, -0.1) is 18.2 Å². The van der Waals surface area contributed by atoms with Crippen molar-refractivity contribution >= 4 is 11.6 Å². The molecule has 3 unspecified atom stereocenters. The third-order valence-electron chi connectivity index (χ3n) is 4.23. The Balaban J connectivity index is 2.56. The number of hydrogen-bond donors (Lipinski definition) is 0. The molecule has 1 aliphatic carbocycles. The molecule has 3 atom stereocenters. The second-order valence-corrected chi connectivity index (χ2v) is 7.05. The van der Waals surface area contributed by atoms with Crippen molar-refractivity contribution < 1.29 is 0 Å². The summed E-state index contributed by atoms with van der Waals surface area (Å²) in [6, 6.07) is 0. The molecule has 0 aromatic rings. The Morgan fingerprint density at radius 2 is 2.00 bits per heavy atom. The van der Waals surface area contributed by atoms with Crippen molar-refractivity contribution in [3.8, 4) is 0 Å². The zero-order valence-corrected chi connectivity index (χ0v) is 12.1. The number of allylic oxidation sites excluding steroid dienone is 1. The molecule has 1 heteroatoms. The van der Waals surface area contributed by atoms with Gasteiger partial charge in [-0.3, -0.25) is 0 Å². The first-order chi connectivity index (χ1) is 7.33. The van der Waals surface area contributed by atoms with E-state index in [-0.39, 0.29) is 0 Å². The number of alkyl halides is 1. The van der Waals surface area contributed by atoms with Gasteiger partial charge in [0.1, 0.15) is 0 Å². The maximum absolute atomic E-state index is 6.55. The van der Waals surface area contributed by atoms with Gasteiger partial charge in [0, 0.05) is 5.38 Å². The summed E-state index contributed by atoms with van der Waals surface area (Å²) in [4.78, 5) is 0. The van der Waals surface area contributed by atoms with Gasteiger partial charge in [0.15, 0.2) is 0 Å². The largest absolute Gasteiger partial charge is 0.123 e. The van der Waals surface area contributed by atoms with Crippen molar-refractivity contribution in [1.29, 1.82) is 0 Å². The van der Waals surface area contributed by atoms with Crippen LogP contribution in [0.1, 0.15) is 59.8 Å². The molecule has 1 rings (SSSR count). The Kier molecular flexibility index (Phi) is 4.91. The van der Waals surface area contributed by atoms with Gasteiger partial charge < -0.3 is 0 Å². The van der Waals surface area contributed by atoms with Gasteiger partial charge in [0.25, 0.3) is 0 Å². The zero-order valence-electron chi connectivity index (χ0n) is 11.4. The second kappa shape index (κ2) is 5.58. The lowest BCUT2D eigenvalue weighted by atomic mass is 9.66. The minimum atomic E-state index is 0.367. The molecule has 0 spiro atoms. The van der Waals surface area contributed by atoms with Crippen LogP contribution >= 0.6 is 11.6 Å². The Morgan fingerprint density at radius 3 is 2.50 bits per heavy atom. The Bertz CT molecular complexity index is 242. The summed E-state index contributed by atoms with van der Waals surface area (Å²) in [5.41, 5.74) is 1.66. The molecule has 16 heavy (non-hydrogen) atoms. The average molecular weight is 243 g/mol. The number of hydrogen-bond acceptors (Lipinski definition) is 0. The van der Waals surface area contributed by atoms with Crippen LogP contribution in [0, 0.1) is 17.3 Å². The van der Waals surface area contributed by atoms with Gasteiger partial charge in [0.05, 0.1) is 0 Å². The lowest BCUT2D eigenvalue weighted by Gasteiger charge is -2.42. The third kappa shape index (κ3) is 3.80. The minimum absolute atomic E-state index is 0.367. The lowest BCUT2D eigenvalue weighted by Crippen LogP contribution is -2.35. The van der Waals surface area contributed by atoms with Crippen LogP contribution in [0.25, 0.3) is 0 Å². The molecule has 0 N–H and O–H groups in total. The third-order valence-corrected chi connectivity index (χ3v) is 4.72. The molecule has 94 valence electrons. The van der Waals surface area contributed by atoms with E-state index < -0.39 is 0 Å². The van der Waals surface area contributed by atoms with E-state index in [1.165, 1.54) is 31.3 Å². The van der Waals surface area contributed by atoms with Gasteiger partial charge in [0.2, 0.25) is 0 Å². The maximum atomic E-state index is 6.55. The fourth-order valence-electron chi connectivity index (χ4n) is 2.91. The standard InChI is InChI=1S/C15H27Cl/c1-11(2)8-9-15(4,5)13-7-6-12(3)10-14(13)16/h12-14H,1,6-10H2,2-5H3. The smallest absolute Gasteiger partial charge is 0.0371 e. The molecule has 1 saturated carbocycles. The fraction of sp³-hybridized carbons (Fsp3) is 0.867. The minimum Gasteiger partial charge on any atom is -0.123 e. The van der Waals surface area contributed by atoms with Crippen LogP contribution in [0.15, 0.2) is 12.2 Å². The van der Waals surface area contributed by atoms with Crippen molar-refractivity contribution in [2.45, 2.75) is 65.2 Å². The monoisotopic (exact) mass is 242 g/mol. The molecule has 0 aromatic carbocycles. The van der Waals surface area contributed by atoms with E-state index >= 15 is 0 Å². The quantitative estimate of drug-likeness (QED) is 0.457. The van der Waals surface area contributed by atoms with Crippen LogP contribution in [0.5, 0.6) is 0 Å². The second-order valence-electron chi connectivity index (χ2n) is 6.49. The van der Waals surface area contributed by atoms with E-state index in [9.17, 15) is 0 Å². The van der Waals surface area contributed by atoms with Crippen LogP contribution in [0.3, 0.4) is 0 Å². The Morgan fingerprint density at radius 1 is 1.38 bits per heavy atom. The molecular weight excluding hydrogens is 216 g/mol. The van der Waals surface area contributed by atoms with E-state index in [1.807, 2.05) is 0 Å². The zero-order chi connectivity index (χ0) is 12.3. The molecular formula is C15H27Cl. The molecule has 0 nitrogen and oxygen atoms in total. The fourth-order valence-corrected chi connectivity index (χ4v) is 3.68. The van der Waals surface area contributed by atoms with E-state index in [0.717, 1.165) is 12.3 Å². The first-order valence-corrected chi connectivity index (χ1v) is 7.05. The summed E-state index contributed by atoms with van der Waals surface area (Å²) in [5, 5.41) is 0.379. The van der Waals surface area contributed by atoms with Gasteiger partial charge in [-0.1, -0.05) is 32.8 Å². The Hall–Kier alpha value is 0.0300. The highest BCUT2D eigenvalue weighted by Gasteiger charge is 2.37. The van der Waals surface area contributed by atoms with Gasteiger partial charge >= 0.3 is 0 Å². The normalized spacial score (nSPS) is 31.4. The lowest BCUT2D eigenvalue weighted by molar-refractivity contribution is 0.132. The topological polar surface area (TPSA) is 0 Å². The predicted molar refractivity (Wildman–Crippen MR) is 74.0 cm³/mol. The average Bonchev–Trinajstić information content (AvgIpc) is 2.14. The summed E-state index contributed by atoms with van der Waals surface area (Å²) >= 11 is 6.55. The maximum Gasteiger partial charge on any atom is 0.0371 e. The summed E-state index contributed by atoms with van der Waals surface area (Å²) < 4.78 is 0. The molecule has 1 fully saturated rings. The van der Waals surface area contributed by atoms with Crippen LogP contribution in [0.2, 0.25) is 0 Å². The van der Waals surface area contributed by atoms with Crippen LogP contribution in [0.4, 0.5) is 0 Å². The van der Waals surface area contributed by atoms with E-state index in [4.69, 9.17) is 11.6 Å². The number of halogens is 1. The van der Waals surface area contributed by atoms with E-state index in [1.54, 1.807) is 0 Å². The highest BCUT2D eigenvalue weighted by molar-refractivity contribution is 6.20. The molecule has 0 amide bonds.